The van der Waals surface area contributed by atoms with Crippen LogP contribution in [0.15, 0.2) is 71.9 Å². The fourth-order valence-corrected chi connectivity index (χ4v) is 4.05. The second-order valence-corrected chi connectivity index (χ2v) is 7.97. The van der Waals surface area contributed by atoms with Crippen LogP contribution in [0.4, 0.5) is 8.78 Å². The second-order valence-electron chi connectivity index (χ2n) is 7.02. The van der Waals surface area contributed by atoms with E-state index in [2.05, 4.69) is 10.2 Å². The molecular weight excluding hydrogens is 432 g/mol. The van der Waals surface area contributed by atoms with E-state index in [1.807, 2.05) is 60.0 Å². The molecule has 4 rings (SSSR count). The first-order valence-electron chi connectivity index (χ1n) is 9.89. The van der Waals surface area contributed by atoms with Crippen LogP contribution in [0.2, 0.25) is 0 Å². The quantitative estimate of drug-likeness (QED) is 0.319. The van der Waals surface area contributed by atoms with E-state index in [1.165, 1.54) is 30.0 Å². The Bertz CT molecular complexity index is 1170. The molecule has 8 heteroatoms. The normalized spacial score (nSPS) is 10.9. The molecule has 0 N–H and O–H groups in total. The number of hydrogen-bond acceptors (Lipinski definition) is 5. The Morgan fingerprint density at radius 3 is 2.19 bits per heavy atom. The molecule has 0 saturated heterocycles. The monoisotopic (exact) mass is 453 g/mol. The zero-order valence-electron chi connectivity index (χ0n) is 17.6. The van der Waals surface area contributed by atoms with Crippen molar-refractivity contribution in [3.8, 4) is 17.2 Å². The highest BCUT2D eigenvalue weighted by atomic mass is 32.2. The molecule has 0 bridgehead atoms. The zero-order chi connectivity index (χ0) is 22.5. The molecule has 0 amide bonds. The van der Waals surface area contributed by atoms with Crippen molar-refractivity contribution in [1.82, 2.24) is 14.8 Å². The van der Waals surface area contributed by atoms with Gasteiger partial charge in [-0.05, 0) is 55.5 Å². The van der Waals surface area contributed by atoms with Crippen LogP contribution in [-0.2, 0) is 12.4 Å². The van der Waals surface area contributed by atoms with Crippen molar-refractivity contribution in [2.75, 3.05) is 7.11 Å². The Kier molecular flexibility index (Phi) is 6.70. The summed E-state index contributed by atoms with van der Waals surface area (Å²) in [5.74, 6) is 0.884. The highest BCUT2D eigenvalue weighted by molar-refractivity contribution is 7.98. The van der Waals surface area contributed by atoms with Gasteiger partial charge < -0.3 is 9.47 Å². The average Bonchev–Trinajstić information content (AvgIpc) is 3.21. The Balaban J connectivity index is 1.62. The van der Waals surface area contributed by atoms with Gasteiger partial charge in [-0.15, -0.1) is 10.2 Å². The van der Waals surface area contributed by atoms with Crippen LogP contribution >= 0.6 is 11.8 Å². The number of rotatable bonds is 8. The van der Waals surface area contributed by atoms with E-state index >= 15 is 0 Å². The predicted molar refractivity (Wildman–Crippen MR) is 119 cm³/mol. The summed E-state index contributed by atoms with van der Waals surface area (Å²) in [6.45, 7) is 2.18. The summed E-state index contributed by atoms with van der Waals surface area (Å²) in [5.41, 5.74) is 1.92. The largest absolute Gasteiger partial charge is 0.497 e. The van der Waals surface area contributed by atoms with Gasteiger partial charge in [0.1, 0.15) is 29.7 Å². The van der Waals surface area contributed by atoms with Gasteiger partial charge in [-0.1, -0.05) is 35.5 Å². The third-order valence-corrected chi connectivity index (χ3v) is 5.78. The number of halogens is 2. The number of aryl methyl sites for hydroxylation is 1. The van der Waals surface area contributed by atoms with Gasteiger partial charge in [0.05, 0.1) is 7.11 Å². The summed E-state index contributed by atoms with van der Waals surface area (Å²) in [6.07, 6.45) is 0. The van der Waals surface area contributed by atoms with E-state index in [9.17, 15) is 8.78 Å². The second kappa shape index (κ2) is 9.82. The van der Waals surface area contributed by atoms with Crippen LogP contribution in [0.1, 0.15) is 17.0 Å². The van der Waals surface area contributed by atoms with Gasteiger partial charge in [-0.3, -0.25) is 4.57 Å². The van der Waals surface area contributed by atoms with Gasteiger partial charge >= 0.3 is 0 Å². The highest BCUT2D eigenvalue weighted by Crippen LogP contribution is 2.28. The molecule has 0 fully saturated rings. The zero-order valence-corrected chi connectivity index (χ0v) is 18.4. The molecule has 3 aromatic carbocycles. The number of aromatic nitrogens is 3. The summed E-state index contributed by atoms with van der Waals surface area (Å²) in [7, 11) is 1.60. The SMILES string of the molecule is COc1ccc(-n2c(COc3ccc(C)cc3)nnc2SCc2c(F)cccc2F)cc1. The topological polar surface area (TPSA) is 49.2 Å². The molecule has 0 saturated carbocycles. The maximum Gasteiger partial charge on any atom is 0.196 e. The molecule has 0 aliphatic carbocycles. The molecule has 0 spiro atoms. The van der Waals surface area contributed by atoms with E-state index < -0.39 is 11.6 Å². The minimum absolute atomic E-state index is 0.000707. The van der Waals surface area contributed by atoms with Crippen LogP contribution in [0.5, 0.6) is 11.5 Å². The van der Waals surface area contributed by atoms with Gasteiger partial charge in [-0.2, -0.15) is 0 Å². The van der Waals surface area contributed by atoms with E-state index in [0.29, 0.717) is 22.5 Å². The predicted octanol–water partition coefficient (Wildman–Crippen LogP) is 5.73. The van der Waals surface area contributed by atoms with E-state index in [-0.39, 0.29) is 17.9 Å². The highest BCUT2D eigenvalue weighted by Gasteiger charge is 2.17. The standard InChI is InChI=1S/C24H21F2N3O2S/c1-16-6-10-19(11-7-16)31-14-23-27-28-24(29(23)17-8-12-18(30-2)13-9-17)32-15-20-21(25)4-3-5-22(20)26/h3-13H,14-15H2,1-2H3. The number of benzene rings is 3. The third kappa shape index (κ3) is 4.91. The van der Waals surface area contributed by atoms with Crippen molar-refractivity contribution in [3.05, 3.63) is 95.3 Å². The summed E-state index contributed by atoms with van der Waals surface area (Å²) >= 11 is 1.20. The summed E-state index contributed by atoms with van der Waals surface area (Å²) in [4.78, 5) is 0. The molecule has 0 aliphatic rings. The molecule has 0 radical (unpaired) electrons. The molecule has 32 heavy (non-hydrogen) atoms. The molecule has 1 aromatic heterocycles. The van der Waals surface area contributed by atoms with Crippen molar-refractivity contribution in [2.24, 2.45) is 0 Å². The first-order chi connectivity index (χ1) is 15.5. The maximum absolute atomic E-state index is 14.1. The molecule has 4 aromatic rings. The van der Waals surface area contributed by atoms with Crippen molar-refractivity contribution >= 4 is 11.8 Å². The van der Waals surface area contributed by atoms with Crippen LogP contribution < -0.4 is 9.47 Å². The van der Waals surface area contributed by atoms with Crippen molar-refractivity contribution in [2.45, 2.75) is 24.4 Å². The summed E-state index contributed by atoms with van der Waals surface area (Å²) < 4.78 is 41.1. The van der Waals surface area contributed by atoms with E-state index in [1.54, 1.807) is 7.11 Å². The van der Waals surface area contributed by atoms with Gasteiger partial charge in [0, 0.05) is 17.0 Å². The van der Waals surface area contributed by atoms with Crippen molar-refractivity contribution in [3.63, 3.8) is 0 Å². The Morgan fingerprint density at radius 1 is 0.875 bits per heavy atom. The van der Waals surface area contributed by atoms with Crippen LogP contribution in [0, 0.1) is 18.6 Å². The van der Waals surface area contributed by atoms with E-state index in [4.69, 9.17) is 9.47 Å². The van der Waals surface area contributed by atoms with Gasteiger partial charge in [-0.25, -0.2) is 8.78 Å². The van der Waals surface area contributed by atoms with Crippen LogP contribution in [0.25, 0.3) is 5.69 Å². The Hall–Kier alpha value is -3.39. The molecule has 0 atom stereocenters. The fraction of sp³-hybridized carbons (Fsp3) is 0.167. The lowest BCUT2D eigenvalue weighted by Crippen LogP contribution is -2.07. The minimum atomic E-state index is -0.587. The number of thioether (sulfide) groups is 1. The van der Waals surface area contributed by atoms with Gasteiger partial charge in [0.25, 0.3) is 0 Å². The van der Waals surface area contributed by atoms with Gasteiger partial charge in [0.15, 0.2) is 11.0 Å². The van der Waals surface area contributed by atoms with Crippen LogP contribution in [-0.4, -0.2) is 21.9 Å². The maximum atomic E-state index is 14.1. The van der Waals surface area contributed by atoms with E-state index in [0.717, 1.165) is 11.3 Å². The Labute approximate surface area is 189 Å². The molecule has 0 aliphatic heterocycles. The molecule has 0 unspecified atom stereocenters. The number of ether oxygens (including phenoxy) is 2. The lowest BCUT2D eigenvalue weighted by molar-refractivity contribution is 0.292. The molecular formula is C24H21F2N3O2S. The lowest BCUT2D eigenvalue weighted by atomic mass is 10.2. The number of hydrogen-bond donors (Lipinski definition) is 0. The van der Waals surface area contributed by atoms with Crippen molar-refractivity contribution in [1.29, 1.82) is 0 Å². The number of methoxy groups -OCH3 is 1. The smallest absolute Gasteiger partial charge is 0.196 e. The van der Waals surface area contributed by atoms with Crippen LogP contribution in [0.3, 0.4) is 0 Å². The van der Waals surface area contributed by atoms with Gasteiger partial charge in [0.2, 0.25) is 0 Å². The minimum Gasteiger partial charge on any atom is -0.497 e. The number of nitrogens with zero attached hydrogens (tertiary/aromatic N) is 3. The lowest BCUT2D eigenvalue weighted by Gasteiger charge is -2.12. The first kappa shape index (κ1) is 21.8. The Morgan fingerprint density at radius 2 is 1.53 bits per heavy atom. The average molecular weight is 454 g/mol. The fourth-order valence-electron chi connectivity index (χ4n) is 3.07. The summed E-state index contributed by atoms with van der Waals surface area (Å²) in [5, 5.41) is 9.03. The molecule has 164 valence electrons. The first-order valence-corrected chi connectivity index (χ1v) is 10.9. The molecule has 1 heterocycles. The summed E-state index contributed by atoms with van der Waals surface area (Å²) in [6, 6.07) is 18.9. The molecule has 5 nitrogen and oxygen atoms in total. The third-order valence-electron chi connectivity index (χ3n) is 4.83. The van der Waals surface area contributed by atoms with Crippen molar-refractivity contribution < 1.29 is 18.3 Å².